The molecule has 0 bridgehead atoms. The maximum absolute atomic E-state index is 12.1. The van der Waals surface area contributed by atoms with E-state index < -0.39 is 35.8 Å². The number of rotatable bonds is 8. The minimum atomic E-state index is -0.895. The second kappa shape index (κ2) is 10.3. The van der Waals surface area contributed by atoms with Crippen molar-refractivity contribution in [3.05, 3.63) is 21.9 Å². The smallest absolute Gasteiger partial charge is 0.329 e. The van der Waals surface area contributed by atoms with Gasteiger partial charge in [-0.1, -0.05) is 0 Å². The predicted molar refractivity (Wildman–Crippen MR) is 98.6 cm³/mol. The van der Waals surface area contributed by atoms with Gasteiger partial charge in [-0.2, -0.15) is 25.3 Å². The van der Waals surface area contributed by atoms with Crippen molar-refractivity contribution in [1.82, 2.24) is 10.6 Å². The zero-order valence-corrected chi connectivity index (χ0v) is 16.1. The van der Waals surface area contributed by atoms with Crippen LogP contribution in [0.4, 0.5) is 0 Å². The normalized spacial score (nSPS) is 12.6. The summed E-state index contributed by atoms with van der Waals surface area (Å²) >= 11 is 8.88. The molecule has 8 nitrogen and oxygen atoms in total. The third-order valence-corrected chi connectivity index (χ3v) is 4.81. The van der Waals surface area contributed by atoms with Gasteiger partial charge in [0.1, 0.15) is 12.1 Å². The highest BCUT2D eigenvalue weighted by atomic mass is 32.1. The Hall–Kier alpha value is -1.72. The van der Waals surface area contributed by atoms with Crippen LogP contribution in [-0.2, 0) is 19.1 Å². The summed E-state index contributed by atoms with van der Waals surface area (Å²) in [6.07, 6.45) is 0. The van der Waals surface area contributed by atoms with Crippen LogP contribution in [0.2, 0.25) is 0 Å². The zero-order valence-electron chi connectivity index (χ0n) is 13.5. The molecule has 1 aromatic rings. The number of hydrogen-bond donors (Lipinski definition) is 4. The SMILES string of the molecule is COC(=O)C(CS)NC(=O)c1ccc(C(=O)NC(CS)C(=O)OC)s1. The van der Waals surface area contributed by atoms with Crippen LogP contribution in [-0.4, -0.2) is 61.6 Å². The second-order valence-electron chi connectivity index (χ2n) is 4.63. The van der Waals surface area contributed by atoms with Crippen LogP contribution in [0.5, 0.6) is 0 Å². The molecule has 0 aliphatic heterocycles. The summed E-state index contributed by atoms with van der Waals surface area (Å²) in [5, 5.41) is 4.94. The first-order chi connectivity index (χ1) is 11.9. The Balaban J connectivity index is 2.77. The van der Waals surface area contributed by atoms with Gasteiger partial charge in [0.15, 0.2) is 0 Å². The van der Waals surface area contributed by atoms with Gasteiger partial charge in [0.05, 0.1) is 24.0 Å². The molecule has 11 heteroatoms. The van der Waals surface area contributed by atoms with Crippen LogP contribution in [0.25, 0.3) is 0 Å². The summed E-state index contributed by atoms with van der Waals surface area (Å²) < 4.78 is 9.12. The Kier molecular flexibility index (Phi) is 8.79. The van der Waals surface area contributed by atoms with E-state index in [4.69, 9.17) is 0 Å². The van der Waals surface area contributed by atoms with Gasteiger partial charge in [-0.3, -0.25) is 9.59 Å². The number of thiol groups is 2. The van der Waals surface area contributed by atoms with E-state index in [1.807, 2.05) is 0 Å². The largest absolute Gasteiger partial charge is 0.467 e. The van der Waals surface area contributed by atoms with E-state index in [0.29, 0.717) is 0 Å². The molecule has 2 atom stereocenters. The molecule has 2 N–H and O–H groups in total. The molecule has 2 unspecified atom stereocenters. The average molecular weight is 407 g/mol. The van der Waals surface area contributed by atoms with Crippen molar-refractivity contribution >= 4 is 60.3 Å². The zero-order chi connectivity index (χ0) is 19.0. The lowest BCUT2D eigenvalue weighted by Gasteiger charge is -2.13. The number of nitrogens with one attached hydrogen (secondary N) is 2. The summed E-state index contributed by atoms with van der Waals surface area (Å²) in [5.41, 5.74) is 0. The lowest BCUT2D eigenvalue weighted by molar-refractivity contribution is -0.143. The van der Waals surface area contributed by atoms with Crippen LogP contribution in [0, 0.1) is 0 Å². The van der Waals surface area contributed by atoms with E-state index >= 15 is 0 Å². The van der Waals surface area contributed by atoms with Gasteiger partial charge in [-0.25, -0.2) is 9.59 Å². The minimum Gasteiger partial charge on any atom is -0.467 e. The molecule has 0 saturated heterocycles. The first-order valence-corrected chi connectivity index (χ1v) is 9.05. The number of ether oxygens (including phenoxy) is 2. The summed E-state index contributed by atoms with van der Waals surface area (Å²) in [5.74, 6) is -2.17. The highest BCUT2D eigenvalue weighted by molar-refractivity contribution is 7.80. The quantitative estimate of drug-likeness (QED) is 0.361. The molecule has 1 heterocycles. The topological polar surface area (TPSA) is 111 Å². The van der Waals surface area contributed by atoms with E-state index in [1.54, 1.807) is 0 Å². The van der Waals surface area contributed by atoms with Crippen LogP contribution in [0.15, 0.2) is 12.1 Å². The Morgan fingerprint density at radius 1 is 0.920 bits per heavy atom. The molecule has 25 heavy (non-hydrogen) atoms. The van der Waals surface area contributed by atoms with Gasteiger partial charge < -0.3 is 20.1 Å². The first-order valence-electron chi connectivity index (χ1n) is 6.96. The summed E-state index contributed by atoms with van der Waals surface area (Å²) in [6.45, 7) is 0. The fourth-order valence-electron chi connectivity index (χ4n) is 1.68. The van der Waals surface area contributed by atoms with Crippen molar-refractivity contribution in [3.63, 3.8) is 0 Å². The van der Waals surface area contributed by atoms with Gasteiger partial charge in [0.2, 0.25) is 0 Å². The van der Waals surface area contributed by atoms with E-state index in [9.17, 15) is 19.2 Å². The standard InChI is InChI=1S/C14H18N2O6S3/c1-21-13(19)7(5-23)15-11(17)9-3-4-10(25-9)12(18)16-8(6-24)14(20)22-2/h3-4,7-8,23-24H,5-6H2,1-2H3,(H,15,17)(H,16,18). The Labute approximate surface area is 159 Å². The summed E-state index contributed by atoms with van der Waals surface area (Å²) in [4.78, 5) is 47.7. The third kappa shape index (κ3) is 5.94. The van der Waals surface area contributed by atoms with Crippen molar-refractivity contribution in [2.75, 3.05) is 25.7 Å². The lowest BCUT2D eigenvalue weighted by Crippen LogP contribution is -2.43. The molecule has 0 fully saturated rings. The highest BCUT2D eigenvalue weighted by Gasteiger charge is 2.24. The Morgan fingerprint density at radius 2 is 1.28 bits per heavy atom. The van der Waals surface area contributed by atoms with Gasteiger partial charge in [0.25, 0.3) is 11.8 Å². The summed E-state index contributed by atoms with van der Waals surface area (Å²) in [6, 6.07) is 1.09. The molecule has 2 amide bonds. The van der Waals surface area contributed by atoms with Crippen molar-refractivity contribution in [1.29, 1.82) is 0 Å². The molecule has 1 rings (SSSR count). The van der Waals surface area contributed by atoms with Gasteiger partial charge in [-0.05, 0) is 12.1 Å². The van der Waals surface area contributed by atoms with Gasteiger partial charge >= 0.3 is 11.9 Å². The van der Waals surface area contributed by atoms with E-state index in [0.717, 1.165) is 11.3 Å². The average Bonchev–Trinajstić information content (AvgIpc) is 3.12. The molecule has 0 saturated carbocycles. The predicted octanol–water partition coefficient (Wildman–Crippen LogP) is 0.151. The Morgan fingerprint density at radius 3 is 1.56 bits per heavy atom. The van der Waals surface area contributed by atoms with Crippen LogP contribution >= 0.6 is 36.6 Å². The van der Waals surface area contributed by atoms with Crippen molar-refractivity contribution in [2.24, 2.45) is 0 Å². The maximum atomic E-state index is 12.1. The number of esters is 2. The van der Waals surface area contributed by atoms with Crippen molar-refractivity contribution < 1.29 is 28.7 Å². The number of carbonyl (C=O) groups excluding carboxylic acids is 4. The maximum Gasteiger partial charge on any atom is 0.329 e. The number of methoxy groups -OCH3 is 2. The number of amides is 2. The third-order valence-electron chi connectivity index (χ3n) is 3.00. The lowest BCUT2D eigenvalue weighted by atomic mass is 10.3. The van der Waals surface area contributed by atoms with Crippen LogP contribution < -0.4 is 10.6 Å². The second-order valence-corrected chi connectivity index (χ2v) is 6.44. The molecule has 1 aromatic heterocycles. The van der Waals surface area contributed by atoms with Gasteiger partial charge in [-0.15, -0.1) is 11.3 Å². The fraction of sp³-hybridized carbons (Fsp3) is 0.429. The summed E-state index contributed by atoms with van der Waals surface area (Å²) in [7, 11) is 2.41. The number of thiophene rings is 1. The molecule has 0 radical (unpaired) electrons. The molecule has 138 valence electrons. The monoisotopic (exact) mass is 406 g/mol. The van der Waals surface area contributed by atoms with Gasteiger partial charge in [0, 0.05) is 11.5 Å². The Bertz CT molecular complexity index is 596. The highest BCUT2D eigenvalue weighted by Crippen LogP contribution is 2.17. The number of hydrogen-bond acceptors (Lipinski definition) is 9. The molecular formula is C14H18N2O6S3. The fourth-order valence-corrected chi connectivity index (χ4v) is 2.98. The molecule has 0 aliphatic rings. The van der Waals surface area contributed by atoms with E-state index in [1.165, 1.54) is 26.4 Å². The van der Waals surface area contributed by atoms with Crippen molar-refractivity contribution in [2.45, 2.75) is 12.1 Å². The molecule has 0 aromatic carbocycles. The molecular weight excluding hydrogens is 388 g/mol. The van der Waals surface area contributed by atoms with Crippen LogP contribution in [0.1, 0.15) is 19.3 Å². The first kappa shape index (κ1) is 21.3. The minimum absolute atomic E-state index is 0.0693. The molecule has 0 aliphatic carbocycles. The van der Waals surface area contributed by atoms with E-state index in [2.05, 4.69) is 45.4 Å². The van der Waals surface area contributed by atoms with Crippen LogP contribution in [0.3, 0.4) is 0 Å². The molecule has 0 spiro atoms. The number of carbonyl (C=O) groups is 4. The van der Waals surface area contributed by atoms with E-state index in [-0.39, 0.29) is 21.3 Å². The van der Waals surface area contributed by atoms with Crippen molar-refractivity contribution in [3.8, 4) is 0 Å².